The van der Waals surface area contributed by atoms with E-state index in [0.717, 1.165) is 24.7 Å². The van der Waals surface area contributed by atoms with Crippen molar-refractivity contribution in [1.29, 1.82) is 0 Å². The van der Waals surface area contributed by atoms with Crippen LogP contribution in [-0.4, -0.2) is 25.1 Å². The highest BCUT2D eigenvalue weighted by molar-refractivity contribution is 7.80. The van der Waals surface area contributed by atoms with Crippen LogP contribution in [0.3, 0.4) is 0 Å². The average Bonchev–Trinajstić information content (AvgIpc) is 2.19. The van der Waals surface area contributed by atoms with Gasteiger partial charge in [0.1, 0.15) is 5.75 Å². The number of benzene rings is 1. The lowest BCUT2D eigenvalue weighted by Crippen LogP contribution is -2.48. The summed E-state index contributed by atoms with van der Waals surface area (Å²) >= 11 is 4.41. The van der Waals surface area contributed by atoms with E-state index < -0.39 is 0 Å². The lowest BCUT2D eigenvalue weighted by molar-refractivity contribution is -0.0471. The molecule has 1 aromatic carbocycles. The lowest BCUT2D eigenvalue weighted by Gasteiger charge is -2.40. The van der Waals surface area contributed by atoms with Gasteiger partial charge in [-0.3, -0.25) is 0 Å². The summed E-state index contributed by atoms with van der Waals surface area (Å²) in [5, 5.41) is 0. The van der Waals surface area contributed by atoms with E-state index in [1.807, 2.05) is 26.0 Å². The molecular formula is C13H18O2S. The fourth-order valence-electron chi connectivity index (χ4n) is 1.86. The fraction of sp³-hybridized carbons (Fsp3) is 0.538. The summed E-state index contributed by atoms with van der Waals surface area (Å²) in [4.78, 5) is 0. The maximum atomic E-state index is 5.62. The Balaban J connectivity index is 2.12. The summed E-state index contributed by atoms with van der Waals surface area (Å²) in [6, 6.07) is 8.30. The Morgan fingerprint density at radius 1 is 1.31 bits per heavy atom. The number of hydrogen-bond donors (Lipinski definition) is 1. The molecule has 0 atom stereocenters. The molecule has 2 nitrogen and oxygen atoms in total. The van der Waals surface area contributed by atoms with E-state index in [1.165, 1.54) is 5.56 Å². The van der Waals surface area contributed by atoms with Crippen LogP contribution in [0.15, 0.2) is 24.3 Å². The molecule has 1 saturated heterocycles. The topological polar surface area (TPSA) is 18.5 Å². The van der Waals surface area contributed by atoms with E-state index >= 15 is 0 Å². The molecule has 2 rings (SSSR count). The standard InChI is InChI=1S/C13H18O2S/c1-10(2)15-12-5-3-11(4-6-12)13(9-16)7-14-8-13/h3-6,10,16H,7-9H2,1-2H3. The minimum atomic E-state index is 0.124. The van der Waals surface area contributed by atoms with Crippen molar-refractivity contribution in [3.8, 4) is 5.75 Å². The van der Waals surface area contributed by atoms with Gasteiger partial charge in [0.05, 0.1) is 24.7 Å². The molecule has 0 bridgehead atoms. The highest BCUT2D eigenvalue weighted by atomic mass is 32.1. The molecular weight excluding hydrogens is 220 g/mol. The number of rotatable bonds is 4. The van der Waals surface area contributed by atoms with Crippen LogP contribution in [0.4, 0.5) is 0 Å². The van der Waals surface area contributed by atoms with Crippen molar-refractivity contribution >= 4 is 12.6 Å². The lowest BCUT2D eigenvalue weighted by atomic mass is 9.80. The van der Waals surface area contributed by atoms with Crippen LogP contribution in [0.25, 0.3) is 0 Å². The van der Waals surface area contributed by atoms with E-state index in [9.17, 15) is 0 Å². The van der Waals surface area contributed by atoms with E-state index in [0.29, 0.717) is 0 Å². The first-order valence-electron chi connectivity index (χ1n) is 5.62. The molecule has 1 heterocycles. The number of hydrogen-bond acceptors (Lipinski definition) is 3. The maximum absolute atomic E-state index is 5.62. The van der Waals surface area contributed by atoms with Crippen LogP contribution in [0.5, 0.6) is 5.75 Å². The predicted octanol–water partition coefficient (Wildman–Crippen LogP) is 2.67. The van der Waals surface area contributed by atoms with E-state index in [-0.39, 0.29) is 11.5 Å². The van der Waals surface area contributed by atoms with Crippen LogP contribution in [0.1, 0.15) is 19.4 Å². The molecule has 0 aliphatic carbocycles. The normalized spacial score (nSPS) is 18.2. The van der Waals surface area contributed by atoms with Gasteiger partial charge in [0.2, 0.25) is 0 Å². The van der Waals surface area contributed by atoms with Gasteiger partial charge in [-0.1, -0.05) is 12.1 Å². The maximum Gasteiger partial charge on any atom is 0.119 e. The predicted molar refractivity (Wildman–Crippen MR) is 68.6 cm³/mol. The monoisotopic (exact) mass is 238 g/mol. The molecule has 1 aliphatic rings. The molecule has 88 valence electrons. The van der Waals surface area contributed by atoms with Gasteiger partial charge in [-0.05, 0) is 31.5 Å². The largest absolute Gasteiger partial charge is 0.491 e. The van der Waals surface area contributed by atoms with Crippen molar-refractivity contribution in [3.63, 3.8) is 0 Å². The molecule has 0 N–H and O–H groups in total. The van der Waals surface area contributed by atoms with Gasteiger partial charge in [-0.2, -0.15) is 12.6 Å². The summed E-state index contributed by atoms with van der Waals surface area (Å²) in [5.74, 6) is 1.76. The van der Waals surface area contributed by atoms with Gasteiger partial charge in [-0.25, -0.2) is 0 Å². The first-order chi connectivity index (χ1) is 7.66. The first kappa shape index (κ1) is 11.8. The van der Waals surface area contributed by atoms with Crippen LogP contribution in [0.2, 0.25) is 0 Å². The third-order valence-electron chi connectivity index (χ3n) is 2.90. The average molecular weight is 238 g/mol. The number of thiol groups is 1. The minimum Gasteiger partial charge on any atom is -0.491 e. The third-order valence-corrected chi connectivity index (χ3v) is 3.50. The van der Waals surface area contributed by atoms with Crippen molar-refractivity contribution in [2.75, 3.05) is 19.0 Å². The molecule has 1 aromatic rings. The summed E-state index contributed by atoms with van der Waals surface area (Å²) in [5.41, 5.74) is 1.42. The fourth-order valence-corrected chi connectivity index (χ4v) is 2.22. The molecule has 0 radical (unpaired) electrons. The highest BCUT2D eigenvalue weighted by Crippen LogP contribution is 2.34. The Morgan fingerprint density at radius 3 is 2.31 bits per heavy atom. The van der Waals surface area contributed by atoms with Crippen molar-refractivity contribution in [2.45, 2.75) is 25.4 Å². The zero-order chi connectivity index (χ0) is 11.6. The summed E-state index contributed by atoms with van der Waals surface area (Å²) in [6.07, 6.45) is 0.219. The molecule has 0 saturated carbocycles. The van der Waals surface area contributed by atoms with Crippen molar-refractivity contribution < 1.29 is 9.47 Å². The second kappa shape index (κ2) is 4.68. The van der Waals surface area contributed by atoms with Crippen molar-refractivity contribution in [3.05, 3.63) is 29.8 Å². The van der Waals surface area contributed by atoms with Crippen LogP contribution in [0, 0.1) is 0 Å². The summed E-state index contributed by atoms with van der Waals surface area (Å²) in [7, 11) is 0. The van der Waals surface area contributed by atoms with Crippen molar-refractivity contribution in [2.24, 2.45) is 0 Å². The SMILES string of the molecule is CC(C)Oc1ccc(C2(CS)COC2)cc1. The summed E-state index contributed by atoms with van der Waals surface area (Å²) < 4.78 is 10.9. The molecule has 0 amide bonds. The van der Waals surface area contributed by atoms with Crippen LogP contribution >= 0.6 is 12.6 Å². The van der Waals surface area contributed by atoms with E-state index in [2.05, 4.69) is 24.8 Å². The van der Waals surface area contributed by atoms with Gasteiger partial charge >= 0.3 is 0 Å². The second-order valence-corrected chi connectivity index (χ2v) is 4.94. The smallest absolute Gasteiger partial charge is 0.119 e. The Hall–Kier alpha value is -0.670. The Bertz CT molecular complexity index is 336. The molecule has 1 fully saturated rings. The molecule has 0 unspecified atom stereocenters. The number of ether oxygens (including phenoxy) is 2. The zero-order valence-corrected chi connectivity index (χ0v) is 10.7. The molecule has 0 aromatic heterocycles. The second-order valence-electron chi connectivity index (χ2n) is 4.62. The summed E-state index contributed by atoms with van der Waals surface area (Å²) in [6.45, 7) is 5.62. The van der Waals surface area contributed by atoms with Gasteiger partial charge in [0.25, 0.3) is 0 Å². The third kappa shape index (κ3) is 2.20. The Labute approximate surface area is 102 Å². The highest BCUT2D eigenvalue weighted by Gasteiger charge is 2.38. The molecule has 0 spiro atoms. The van der Waals surface area contributed by atoms with E-state index in [4.69, 9.17) is 9.47 Å². The quantitative estimate of drug-likeness (QED) is 0.813. The van der Waals surface area contributed by atoms with Gasteiger partial charge in [-0.15, -0.1) is 0 Å². The Kier molecular flexibility index (Phi) is 3.45. The van der Waals surface area contributed by atoms with E-state index in [1.54, 1.807) is 0 Å². The first-order valence-corrected chi connectivity index (χ1v) is 6.25. The Morgan fingerprint density at radius 2 is 1.94 bits per heavy atom. The molecule has 1 aliphatic heterocycles. The molecule has 3 heteroatoms. The minimum absolute atomic E-state index is 0.124. The van der Waals surface area contributed by atoms with Crippen LogP contribution < -0.4 is 4.74 Å². The zero-order valence-electron chi connectivity index (χ0n) is 9.77. The van der Waals surface area contributed by atoms with Gasteiger partial charge in [0, 0.05) is 5.75 Å². The van der Waals surface area contributed by atoms with Crippen molar-refractivity contribution in [1.82, 2.24) is 0 Å². The van der Waals surface area contributed by atoms with Gasteiger partial charge in [0.15, 0.2) is 0 Å². The molecule has 16 heavy (non-hydrogen) atoms. The van der Waals surface area contributed by atoms with Gasteiger partial charge < -0.3 is 9.47 Å². The van der Waals surface area contributed by atoms with Crippen LogP contribution in [-0.2, 0) is 10.2 Å².